The third kappa shape index (κ3) is 8.81. The highest BCUT2D eigenvalue weighted by molar-refractivity contribution is 5.86. The van der Waals surface area contributed by atoms with Crippen molar-refractivity contribution in [1.29, 1.82) is 0 Å². The van der Waals surface area contributed by atoms with Crippen molar-refractivity contribution in [2.75, 3.05) is 6.54 Å². The van der Waals surface area contributed by atoms with E-state index in [0.29, 0.717) is 6.41 Å². The Morgan fingerprint density at radius 2 is 1.85 bits per heavy atom. The van der Waals surface area contributed by atoms with Gasteiger partial charge >= 0.3 is 11.9 Å². The average molecular weight is 364 g/mol. The van der Waals surface area contributed by atoms with Crippen LogP contribution < -0.4 is 10.6 Å². The minimum atomic E-state index is -0.998. The highest BCUT2D eigenvalue weighted by atomic mass is 16.5. The lowest BCUT2D eigenvalue weighted by atomic mass is 10.1. The first kappa shape index (κ1) is 21.1. The summed E-state index contributed by atoms with van der Waals surface area (Å²) in [5.41, 5.74) is 0.852. The Balaban J connectivity index is 2.52. The first-order valence-electron chi connectivity index (χ1n) is 8.28. The van der Waals surface area contributed by atoms with E-state index in [1.807, 2.05) is 30.3 Å². The minimum absolute atomic E-state index is 0.0337. The largest absolute Gasteiger partial charge is 0.461 e. The number of carbonyl (C=O) groups is 4. The van der Waals surface area contributed by atoms with Gasteiger partial charge in [-0.1, -0.05) is 30.3 Å². The third-order valence-electron chi connectivity index (χ3n) is 3.20. The molecule has 1 aromatic rings. The Hall–Kier alpha value is -2.90. The topological polar surface area (TPSA) is 111 Å². The second-order valence-electron chi connectivity index (χ2n) is 5.79. The molecule has 142 valence electrons. The van der Waals surface area contributed by atoms with Crippen molar-refractivity contribution in [1.82, 2.24) is 10.6 Å². The van der Waals surface area contributed by atoms with Crippen LogP contribution in [0.3, 0.4) is 0 Å². The van der Waals surface area contributed by atoms with Gasteiger partial charge in [0, 0.05) is 6.42 Å². The molecule has 0 saturated carbocycles. The number of amides is 2. The van der Waals surface area contributed by atoms with Crippen LogP contribution in [0.4, 0.5) is 0 Å². The van der Waals surface area contributed by atoms with Crippen molar-refractivity contribution < 1.29 is 28.7 Å². The highest BCUT2D eigenvalue weighted by Crippen LogP contribution is 2.06. The number of esters is 2. The van der Waals surface area contributed by atoms with Gasteiger partial charge in [-0.2, -0.15) is 0 Å². The molecule has 0 aliphatic heterocycles. The molecule has 0 fully saturated rings. The van der Waals surface area contributed by atoms with Gasteiger partial charge in [0.05, 0.1) is 12.6 Å². The van der Waals surface area contributed by atoms with Crippen molar-refractivity contribution >= 4 is 24.3 Å². The molecule has 0 bridgehead atoms. The van der Waals surface area contributed by atoms with Gasteiger partial charge in [-0.15, -0.1) is 0 Å². The van der Waals surface area contributed by atoms with Gasteiger partial charge in [0.15, 0.2) is 0 Å². The first-order valence-corrected chi connectivity index (χ1v) is 8.28. The van der Waals surface area contributed by atoms with Crippen LogP contribution in [0.5, 0.6) is 0 Å². The summed E-state index contributed by atoms with van der Waals surface area (Å²) >= 11 is 0. The highest BCUT2D eigenvalue weighted by Gasteiger charge is 2.24. The molecule has 0 spiro atoms. The second kappa shape index (κ2) is 11.6. The van der Waals surface area contributed by atoms with E-state index in [9.17, 15) is 19.2 Å². The summed E-state index contributed by atoms with van der Waals surface area (Å²) in [5.74, 6) is -1.69. The second-order valence-corrected chi connectivity index (χ2v) is 5.79. The number of rotatable bonds is 11. The third-order valence-corrected chi connectivity index (χ3v) is 3.20. The van der Waals surface area contributed by atoms with E-state index < -0.39 is 23.9 Å². The summed E-state index contributed by atoms with van der Waals surface area (Å²) in [6, 6.07) is 8.20. The molecule has 8 heteroatoms. The smallest absolute Gasteiger partial charge is 0.328 e. The molecule has 0 saturated heterocycles. The lowest BCUT2D eigenvalue weighted by molar-refractivity contribution is -0.152. The summed E-state index contributed by atoms with van der Waals surface area (Å²) in [6.45, 7) is 3.22. The van der Waals surface area contributed by atoms with Crippen LogP contribution in [0.25, 0.3) is 0 Å². The fourth-order valence-electron chi connectivity index (χ4n) is 2.02. The monoisotopic (exact) mass is 364 g/mol. The number of ether oxygens (including phenoxy) is 2. The number of benzene rings is 1. The lowest BCUT2D eigenvalue weighted by Crippen LogP contribution is -2.46. The van der Waals surface area contributed by atoms with Gasteiger partial charge in [-0.3, -0.25) is 14.4 Å². The maximum absolute atomic E-state index is 12.1. The van der Waals surface area contributed by atoms with E-state index in [1.165, 1.54) is 0 Å². The fourth-order valence-corrected chi connectivity index (χ4v) is 2.02. The SMILES string of the molecule is CC(C)OC(=O)C(CCC(=O)OCc1ccccc1)NC(=O)CNC=O. The van der Waals surface area contributed by atoms with Gasteiger partial charge in [0.1, 0.15) is 12.6 Å². The van der Waals surface area contributed by atoms with Crippen LogP contribution >= 0.6 is 0 Å². The summed E-state index contributed by atoms with van der Waals surface area (Å²) in [5, 5.41) is 4.64. The van der Waals surface area contributed by atoms with Crippen LogP contribution in [-0.2, 0) is 35.3 Å². The summed E-state index contributed by atoms with van der Waals surface area (Å²) in [4.78, 5) is 45.9. The van der Waals surface area contributed by atoms with Gasteiger partial charge in [-0.25, -0.2) is 4.79 Å². The molecule has 1 unspecified atom stereocenters. The molecule has 0 radical (unpaired) electrons. The van der Waals surface area contributed by atoms with Crippen molar-refractivity contribution in [3.63, 3.8) is 0 Å². The van der Waals surface area contributed by atoms with E-state index in [4.69, 9.17) is 9.47 Å². The van der Waals surface area contributed by atoms with Crippen molar-refractivity contribution in [3.05, 3.63) is 35.9 Å². The Bertz CT molecular complexity index is 603. The van der Waals surface area contributed by atoms with Gasteiger partial charge in [0.25, 0.3) is 0 Å². The molecule has 1 rings (SSSR count). The average Bonchev–Trinajstić information content (AvgIpc) is 2.61. The maximum atomic E-state index is 12.1. The zero-order chi connectivity index (χ0) is 19.4. The molecule has 1 atom stereocenters. The van der Waals surface area contributed by atoms with Gasteiger partial charge in [0.2, 0.25) is 12.3 Å². The molecule has 26 heavy (non-hydrogen) atoms. The minimum Gasteiger partial charge on any atom is -0.461 e. The van der Waals surface area contributed by atoms with Gasteiger partial charge < -0.3 is 20.1 Å². The lowest BCUT2D eigenvalue weighted by Gasteiger charge is -2.19. The Morgan fingerprint density at radius 3 is 2.46 bits per heavy atom. The van der Waals surface area contributed by atoms with E-state index in [1.54, 1.807) is 13.8 Å². The molecule has 0 aliphatic rings. The molecular weight excluding hydrogens is 340 g/mol. The van der Waals surface area contributed by atoms with Crippen LogP contribution in [0, 0.1) is 0 Å². The first-order chi connectivity index (χ1) is 12.4. The van der Waals surface area contributed by atoms with Crippen LogP contribution in [0.1, 0.15) is 32.3 Å². The predicted octanol–water partition coefficient (Wildman–Crippen LogP) is 0.692. The summed E-state index contributed by atoms with van der Waals surface area (Å²) in [6.07, 6.45) is -0.0138. The molecular formula is C18H24N2O6. The van der Waals surface area contributed by atoms with Crippen molar-refractivity contribution in [2.24, 2.45) is 0 Å². The molecule has 8 nitrogen and oxygen atoms in total. The normalized spacial score (nSPS) is 11.3. The standard InChI is InChI=1S/C18H24N2O6/c1-13(2)26-18(24)15(20-16(22)10-19-12-21)8-9-17(23)25-11-14-6-4-3-5-7-14/h3-7,12-13,15H,8-11H2,1-2H3,(H,19,21)(H,20,22). The zero-order valence-electron chi connectivity index (χ0n) is 14.9. The molecule has 0 aromatic heterocycles. The number of nitrogens with one attached hydrogen (secondary N) is 2. The molecule has 2 N–H and O–H groups in total. The number of hydrogen-bond acceptors (Lipinski definition) is 6. The summed E-state index contributed by atoms with van der Waals surface area (Å²) in [7, 11) is 0. The Kier molecular flexibility index (Phi) is 9.45. The molecule has 1 aromatic carbocycles. The predicted molar refractivity (Wildman–Crippen MR) is 92.7 cm³/mol. The number of carbonyl (C=O) groups excluding carboxylic acids is 4. The van der Waals surface area contributed by atoms with Crippen LogP contribution in [0.15, 0.2) is 30.3 Å². The van der Waals surface area contributed by atoms with E-state index in [0.717, 1.165) is 5.56 Å². The fraction of sp³-hybridized carbons (Fsp3) is 0.444. The van der Waals surface area contributed by atoms with Crippen LogP contribution in [-0.4, -0.2) is 42.9 Å². The number of hydrogen-bond donors (Lipinski definition) is 2. The van der Waals surface area contributed by atoms with E-state index >= 15 is 0 Å². The van der Waals surface area contributed by atoms with E-state index in [-0.39, 0.29) is 32.1 Å². The zero-order valence-corrected chi connectivity index (χ0v) is 14.9. The molecule has 0 heterocycles. The van der Waals surface area contributed by atoms with Crippen molar-refractivity contribution in [3.8, 4) is 0 Å². The Labute approximate surface area is 152 Å². The van der Waals surface area contributed by atoms with Crippen molar-refractivity contribution in [2.45, 2.75) is 45.4 Å². The van der Waals surface area contributed by atoms with Gasteiger partial charge in [-0.05, 0) is 25.8 Å². The maximum Gasteiger partial charge on any atom is 0.328 e. The van der Waals surface area contributed by atoms with E-state index in [2.05, 4.69) is 10.6 Å². The molecule has 0 aliphatic carbocycles. The van der Waals surface area contributed by atoms with Crippen LogP contribution in [0.2, 0.25) is 0 Å². The molecule has 2 amide bonds. The summed E-state index contributed by atoms with van der Waals surface area (Å²) < 4.78 is 10.2. The quantitative estimate of drug-likeness (QED) is 0.442. The Morgan fingerprint density at radius 1 is 1.15 bits per heavy atom.